The monoisotopic (exact) mass is 366 g/mol. The average Bonchev–Trinajstić information content (AvgIpc) is 2.69. The number of nitrogens with zero attached hydrogens (tertiary/aromatic N) is 1. The molecule has 0 spiro atoms. The normalized spacial score (nSPS) is 17.5. The van der Waals surface area contributed by atoms with Crippen molar-refractivity contribution in [2.45, 2.75) is 32.7 Å². The molecule has 3 rings (SSSR count). The summed E-state index contributed by atoms with van der Waals surface area (Å²) < 4.78 is 5.18. The van der Waals surface area contributed by atoms with E-state index in [0.29, 0.717) is 6.54 Å². The zero-order valence-electron chi connectivity index (χ0n) is 16.4. The number of benzene rings is 2. The molecule has 0 aliphatic carbocycles. The second-order valence-corrected chi connectivity index (χ2v) is 7.45. The van der Waals surface area contributed by atoms with E-state index in [1.807, 2.05) is 12.1 Å². The van der Waals surface area contributed by atoms with Gasteiger partial charge in [-0.15, -0.1) is 0 Å². The lowest BCUT2D eigenvalue weighted by Crippen LogP contribution is -2.43. The van der Waals surface area contributed by atoms with Crippen molar-refractivity contribution in [3.63, 3.8) is 0 Å². The summed E-state index contributed by atoms with van der Waals surface area (Å²) in [5.41, 5.74) is 3.83. The summed E-state index contributed by atoms with van der Waals surface area (Å²) in [6.07, 6.45) is 2.91. The SMILES string of the molecule is COc1ccc(CCNC(=O)C2CCCN(Cc3cccc(C)c3)C2)cc1. The lowest BCUT2D eigenvalue weighted by atomic mass is 9.96. The van der Waals surface area contributed by atoms with Crippen LogP contribution in [0.2, 0.25) is 0 Å². The first kappa shape index (κ1) is 19.4. The van der Waals surface area contributed by atoms with Crippen LogP contribution >= 0.6 is 0 Å². The molecule has 0 radical (unpaired) electrons. The number of carbonyl (C=O) groups excluding carboxylic acids is 1. The Bertz CT molecular complexity index is 742. The fraction of sp³-hybridized carbons (Fsp3) is 0.435. The molecule has 27 heavy (non-hydrogen) atoms. The van der Waals surface area contributed by atoms with Crippen molar-refractivity contribution in [1.29, 1.82) is 0 Å². The van der Waals surface area contributed by atoms with Crippen molar-refractivity contribution < 1.29 is 9.53 Å². The largest absolute Gasteiger partial charge is 0.497 e. The zero-order valence-corrected chi connectivity index (χ0v) is 16.4. The topological polar surface area (TPSA) is 41.6 Å². The van der Waals surface area contributed by atoms with Crippen molar-refractivity contribution in [2.75, 3.05) is 26.7 Å². The van der Waals surface area contributed by atoms with E-state index in [9.17, 15) is 4.79 Å². The van der Waals surface area contributed by atoms with Crippen molar-refractivity contribution in [3.05, 3.63) is 65.2 Å². The fourth-order valence-corrected chi connectivity index (χ4v) is 3.75. The number of carbonyl (C=O) groups is 1. The van der Waals surface area contributed by atoms with Crippen molar-refractivity contribution in [2.24, 2.45) is 5.92 Å². The number of aryl methyl sites for hydroxylation is 1. The lowest BCUT2D eigenvalue weighted by molar-refractivity contribution is -0.126. The number of rotatable bonds is 7. The minimum Gasteiger partial charge on any atom is -0.497 e. The van der Waals surface area contributed by atoms with Gasteiger partial charge < -0.3 is 10.1 Å². The average molecular weight is 367 g/mol. The molecule has 1 unspecified atom stereocenters. The van der Waals surface area contributed by atoms with E-state index >= 15 is 0 Å². The number of ether oxygens (including phenoxy) is 1. The summed E-state index contributed by atoms with van der Waals surface area (Å²) in [4.78, 5) is 15.0. The van der Waals surface area contributed by atoms with Gasteiger partial charge in [-0.3, -0.25) is 9.69 Å². The van der Waals surface area contributed by atoms with Crippen LogP contribution in [0.4, 0.5) is 0 Å². The van der Waals surface area contributed by atoms with E-state index in [-0.39, 0.29) is 11.8 Å². The number of piperidine rings is 1. The smallest absolute Gasteiger partial charge is 0.224 e. The van der Waals surface area contributed by atoms with Gasteiger partial charge in [0.05, 0.1) is 13.0 Å². The van der Waals surface area contributed by atoms with E-state index in [4.69, 9.17) is 4.74 Å². The molecular formula is C23H30N2O2. The Labute approximate surface area is 162 Å². The summed E-state index contributed by atoms with van der Waals surface area (Å²) >= 11 is 0. The van der Waals surface area contributed by atoms with E-state index < -0.39 is 0 Å². The van der Waals surface area contributed by atoms with Crippen LogP contribution in [0.25, 0.3) is 0 Å². The highest BCUT2D eigenvalue weighted by molar-refractivity contribution is 5.79. The fourth-order valence-electron chi connectivity index (χ4n) is 3.75. The van der Waals surface area contributed by atoms with Crippen molar-refractivity contribution in [3.8, 4) is 5.75 Å². The van der Waals surface area contributed by atoms with Gasteiger partial charge in [0.2, 0.25) is 5.91 Å². The van der Waals surface area contributed by atoms with Gasteiger partial charge in [0.15, 0.2) is 0 Å². The molecule has 4 heteroatoms. The standard InChI is InChI=1S/C23H30N2O2/c1-18-5-3-6-20(15-18)16-25-14-4-7-21(17-25)23(26)24-13-12-19-8-10-22(27-2)11-9-19/h3,5-6,8-11,15,21H,4,7,12-14,16-17H2,1-2H3,(H,24,26). The second-order valence-electron chi connectivity index (χ2n) is 7.45. The molecule has 1 aliphatic heterocycles. The van der Waals surface area contributed by atoms with Crippen LogP contribution in [-0.2, 0) is 17.8 Å². The molecule has 2 aromatic rings. The Balaban J connectivity index is 1.44. The zero-order chi connectivity index (χ0) is 19.1. The first-order chi connectivity index (χ1) is 13.1. The molecule has 4 nitrogen and oxygen atoms in total. The van der Waals surface area contributed by atoms with Crippen LogP contribution in [-0.4, -0.2) is 37.6 Å². The maximum absolute atomic E-state index is 12.6. The van der Waals surface area contributed by atoms with E-state index in [0.717, 1.165) is 44.6 Å². The Kier molecular flexibility index (Phi) is 6.88. The van der Waals surface area contributed by atoms with Crippen LogP contribution in [0.15, 0.2) is 48.5 Å². The molecule has 0 saturated carbocycles. The molecular weight excluding hydrogens is 336 g/mol. The van der Waals surface area contributed by atoms with Gasteiger partial charge in [-0.1, -0.05) is 42.0 Å². The Morgan fingerprint density at radius 3 is 2.74 bits per heavy atom. The van der Waals surface area contributed by atoms with Crippen LogP contribution < -0.4 is 10.1 Å². The Hall–Kier alpha value is -2.33. The molecule has 144 valence electrons. The van der Waals surface area contributed by atoms with E-state index in [2.05, 4.69) is 53.5 Å². The molecule has 1 aliphatic rings. The quantitative estimate of drug-likeness (QED) is 0.814. The third-order valence-electron chi connectivity index (χ3n) is 5.24. The van der Waals surface area contributed by atoms with Gasteiger partial charge in [0.1, 0.15) is 5.75 Å². The first-order valence-corrected chi connectivity index (χ1v) is 9.82. The summed E-state index contributed by atoms with van der Waals surface area (Å²) in [5, 5.41) is 3.13. The van der Waals surface area contributed by atoms with Gasteiger partial charge >= 0.3 is 0 Å². The number of likely N-dealkylation sites (tertiary alicyclic amines) is 1. The summed E-state index contributed by atoms with van der Waals surface area (Å²) in [7, 11) is 1.67. The molecule has 2 aromatic carbocycles. The van der Waals surface area contributed by atoms with Gasteiger partial charge in [-0.2, -0.15) is 0 Å². The number of hydrogen-bond donors (Lipinski definition) is 1. The summed E-state index contributed by atoms with van der Waals surface area (Å²) in [6, 6.07) is 16.7. The van der Waals surface area contributed by atoms with E-state index in [1.54, 1.807) is 7.11 Å². The van der Waals surface area contributed by atoms with Gasteiger partial charge in [-0.25, -0.2) is 0 Å². The molecule has 0 bridgehead atoms. The highest BCUT2D eigenvalue weighted by atomic mass is 16.5. The Morgan fingerprint density at radius 1 is 1.19 bits per heavy atom. The predicted octanol–water partition coefficient (Wildman–Crippen LogP) is 3.57. The van der Waals surface area contributed by atoms with Crippen LogP contribution in [0.3, 0.4) is 0 Å². The maximum atomic E-state index is 12.6. The highest BCUT2D eigenvalue weighted by Crippen LogP contribution is 2.19. The number of amides is 1. The Morgan fingerprint density at radius 2 is 2.00 bits per heavy atom. The van der Waals surface area contributed by atoms with Gasteiger partial charge in [0, 0.05) is 19.6 Å². The second kappa shape index (κ2) is 9.56. The molecule has 1 amide bonds. The minimum atomic E-state index is 0.0967. The third kappa shape index (κ3) is 5.83. The van der Waals surface area contributed by atoms with Crippen LogP contribution in [0, 0.1) is 12.8 Å². The van der Waals surface area contributed by atoms with Crippen LogP contribution in [0.1, 0.15) is 29.5 Å². The van der Waals surface area contributed by atoms with Gasteiger partial charge in [0.25, 0.3) is 0 Å². The summed E-state index contributed by atoms with van der Waals surface area (Å²) in [5.74, 6) is 1.15. The van der Waals surface area contributed by atoms with Gasteiger partial charge in [-0.05, 0) is 56.0 Å². The number of methoxy groups -OCH3 is 1. The molecule has 1 fully saturated rings. The van der Waals surface area contributed by atoms with Crippen LogP contribution in [0.5, 0.6) is 5.75 Å². The molecule has 0 aromatic heterocycles. The number of hydrogen-bond acceptors (Lipinski definition) is 3. The molecule has 1 N–H and O–H groups in total. The maximum Gasteiger partial charge on any atom is 0.224 e. The van der Waals surface area contributed by atoms with Crippen molar-refractivity contribution in [1.82, 2.24) is 10.2 Å². The molecule has 1 saturated heterocycles. The van der Waals surface area contributed by atoms with Crippen molar-refractivity contribution >= 4 is 5.91 Å². The highest BCUT2D eigenvalue weighted by Gasteiger charge is 2.25. The number of nitrogens with one attached hydrogen (secondary N) is 1. The first-order valence-electron chi connectivity index (χ1n) is 9.82. The predicted molar refractivity (Wildman–Crippen MR) is 109 cm³/mol. The van der Waals surface area contributed by atoms with E-state index in [1.165, 1.54) is 16.7 Å². The summed E-state index contributed by atoms with van der Waals surface area (Å²) in [6.45, 7) is 5.65. The minimum absolute atomic E-state index is 0.0967. The third-order valence-corrected chi connectivity index (χ3v) is 5.24. The molecule has 1 atom stereocenters. The molecule has 1 heterocycles. The lowest BCUT2D eigenvalue weighted by Gasteiger charge is -2.32.